The normalized spacial score (nSPS) is 11.9. The summed E-state index contributed by atoms with van der Waals surface area (Å²) in [4.78, 5) is 18.3. The third-order valence-corrected chi connectivity index (χ3v) is 9.53. The minimum Gasteiger partial charge on any atom is -0.482 e. The zero-order valence-corrected chi connectivity index (χ0v) is 29.1. The third kappa shape index (κ3) is 5.79. The van der Waals surface area contributed by atoms with E-state index in [4.69, 9.17) is 14.7 Å². The van der Waals surface area contributed by atoms with Crippen molar-refractivity contribution in [3.63, 3.8) is 0 Å². The molecule has 3 aromatic heterocycles. The van der Waals surface area contributed by atoms with Crippen molar-refractivity contribution in [2.24, 2.45) is 0 Å². The summed E-state index contributed by atoms with van der Waals surface area (Å²) in [6.07, 6.45) is 8.50. The van der Waals surface area contributed by atoms with E-state index in [9.17, 15) is 0 Å². The van der Waals surface area contributed by atoms with Crippen LogP contribution in [0.25, 0.3) is 90.9 Å². The second-order valence-corrected chi connectivity index (χ2v) is 12.8. The van der Waals surface area contributed by atoms with Crippen molar-refractivity contribution in [2.45, 2.75) is 0 Å². The van der Waals surface area contributed by atoms with Crippen LogP contribution in [0.15, 0.2) is 140 Å². The lowest BCUT2D eigenvalue weighted by Crippen LogP contribution is -1.90. The van der Waals surface area contributed by atoms with Gasteiger partial charge in [0.05, 0.1) is 22.8 Å². The number of aromatic amines is 2. The van der Waals surface area contributed by atoms with Crippen LogP contribution < -0.4 is 4.74 Å². The van der Waals surface area contributed by atoms with Crippen molar-refractivity contribution < 1.29 is 4.74 Å². The topological polar surface area (TPSA) is 66.6 Å². The Hall–Kier alpha value is -6.24. The van der Waals surface area contributed by atoms with Crippen molar-refractivity contribution in [3.8, 4) is 50.3 Å². The molecule has 51 heavy (non-hydrogen) atoms. The zero-order chi connectivity index (χ0) is 34.1. The second-order valence-electron chi connectivity index (χ2n) is 12.4. The quantitative estimate of drug-likeness (QED) is 0.168. The summed E-state index contributed by atoms with van der Waals surface area (Å²) in [5.74, 6) is 0.791. The molecule has 0 spiro atoms. The van der Waals surface area contributed by atoms with Gasteiger partial charge in [0.2, 0.25) is 0 Å². The fourth-order valence-corrected chi connectivity index (χ4v) is 7.28. The number of H-pyrrole nitrogens is 2. The van der Waals surface area contributed by atoms with E-state index in [-0.39, 0.29) is 0 Å². The lowest BCUT2D eigenvalue weighted by Gasteiger charge is -2.07. The lowest BCUT2D eigenvalue weighted by molar-refractivity contribution is 0.398. The molecular formula is C45H31BrN4O. The van der Waals surface area contributed by atoms with Crippen molar-refractivity contribution in [1.82, 2.24) is 19.9 Å². The molecule has 5 nitrogen and oxygen atoms in total. The van der Waals surface area contributed by atoms with Crippen molar-refractivity contribution in [2.75, 3.05) is 5.52 Å². The highest BCUT2D eigenvalue weighted by atomic mass is 79.9. The fourth-order valence-electron chi connectivity index (χ4n) is 7.02. The molecule has 0 radical (unpaired) electrons. The second kappa shape index (κ2) is 13.2. The highest BCUT2D eigenvalue weighted by molar-refractivity contribution is 9.09. The predicted molar refractivity (Wildman–Crippen MR) is 215 cm³/mol. The van der Waals surface area contributed by atoms with Gasteiger partial charge in [-0.05, 0) is 98.9 Å². The van der Waals surface area contributed by atoms with E-state index in [2.05, 4.69) is 159 Å². The number of nitrogens with zero attached hydrogens (tertiary/aromatic N) is 2. The van der Waals surface area contributed by atoms with Gasteiger partial charge in [-0.1, -0.05) is 103 Å². The van der Waals surface area contributed by atoms with Gasteiger partial charge in [-0.2, -0.15) is 0 Å². The maximum absolute atomic E-state index is 5.72. The Labute approximate surface area is 303 Å². The standard InChI is InChI=1S/C45H31BrN4O/c46-28-51-33-18-16-32(17-19-33)45-40-26-24-38(49-40)43(30-12-6-2-7-13-30)36-22-20-34(47-36)42(29-10-4-1-5-11-29)35-21-23-37(48-35)44(31-14-8-3-9-15-31)39-25-27-41(45)50-39/h1-27,47,50H,28H2. The van der Waals surface area contributed by atoms with Gasteiger partial charge in [-0.25, -0.2) is 9.97 Å². The minimum atomic E-state index is 0.426. The molecule has 2 N–H and O–H groups in total. The number of benzene rings is 4. The molecule has 8 bridgehead atoms. The van der Waals surface area contributed by atoms with E-state index in [0.29, 0.717) is 5.52 Å². The number of fused-ring (bicyclic) bond motifs is 8. The van der Waals surface area contributed by atoms with Crippen LogP contribution in [0.2, 0.25) is 0 Å². The van der Waals surface area contributed by atoms with Crippen molar-refractivity contribution in [1.29, 1.82) is 0 Å². The average Bonchev–Trinajstić information content (AvgIpc) is 4.02. The van der Waals surface area contributed by atoms with E-state index >= 15 is 0 Å². The van der Waals surface area contributed by atoms with Crippen molar-refractivity contribution >= 4 is 62.3 Å². The molecule has 0 unspecified atom stereocenters. The molecule has 0 atom stereocenters. The zero-order valence-electron chi connectivity index (χ0n) is 27.5. The molecule has 0 aliphatic carbocycles. The van der Waals surface area contributed by atoms with Gasteiger partial charge in [0.1, 0.15) is 11.3 Å². The molecule has 2 aliphatic heterocycles. The van der Waals surface area contributed by atoms with Crippen LogP contribution in [0, 0.1) is 0 Å². The molecule has 7 aromatic rings. The van der Waals surface area contributed by atoms with Crippen LogP contribution in [0.1, 0.15) is 22.8 Å². The number of hydrogen-bond acceptors (Lipinski definition) is 3. The van der Waals surface area contributed by atoms with Gasteiger partial charge in [-0.15, -0.1) is 0 Å². The van der Waals surface area contributed by atoms with E-state index in [1.54, 1.807) is 0 Å². The summed E-state index contributed by atoms with van der Waals surface area (Å²) in [7, 11) is 0. The molecule has 2 aliphatic rings. The van der Waals surface area contributed by atoms with Crippen LogP contribution >= 0.6 is 15.9 Å². The summed E-state index contributed by atoms with van der Waals surface area (Å²) < 4.78 is 5.72. The Morgan fingerprint density at radius 2 is 0.706 bits per heavy atom. The number of aromatic nitrogens is 4. The molecule has 244 valence electrons. The van der Waals surface area contributed by atoms with Crippen LogP contribution in [0.3, 0.4) is 0 Å². The Morgan fingerprint density at radius 1 is 0.392 bits per heavy atom. The summed E-state index contributed by atoms with van der Waals surface area (Å²) in [6, 6.07) is 48.2. The van der Waals surface area contributed by atoms with E-state index in [1.165, 1.54) is 0 Å². The summed E-state index contributed by atoms with van der Waals surface area (Å²) in [5, 5.41) is 0. The predicted octanol–water partition coefficient (Wildman–Crippen LogP) is 12.1. The fraction of sp³-hybridized carbons (Fsp3) is 0.0222. The number of halogens is 1. The first-order valence-corrected chi connectivity index (χ1v) is 18.0. The lowest BCUT2D eigenvalue weighted by atomic mass is 10.0. The molecular weight excluding hydrogens is 692 g/mol. The van der Waals surface area contributed by atoms with E-state index in [1.807, 2.05) is 30.3 Å². The van der Waals surface area contributed by atoms with Crippen LogP contribution in [0.5, 0.6) is 5.75 Å². The Kier molecular flexibility index (Phi) is 7.99. The number of ether oxygens (including phenoxy) is 1. The van der Waals surface area contributed by atoms with Crippen LogP contribution in [-0.4, -0.2) is 25.5 Å². The largest absolute Gasteiger partial charge is 0.482 e. The van der Waals surface area contributed by atoms with E-state index < -0.39 is 0 Å². The first-order chi connectivity index (χ1) is 25.2. The third-order valence-electron chi connectivity index (χ3n) is 9.31. The first kappa shape index (κ1) is 30.8. The monoisotopic (exact) mass is 722 g/mol. The smallest absolute Gasteiger partial charge is 0.143 e. The molecule has 0 amide bonds. The van der Waals surface area contributed by atoms with Crippen molar-refractivity contribution in [3.05, 3.63) is 162 Å². The van der Waals surface area contributed by atoms with Gasteiger partial charge < -0.3 is 14.7 Å². The summed E-state index contributed by atoms with van der Waals surface area (Å²) in [5.41, 5.74) is 16.2. The van der Waals surface area contributed by atoms with Crippen LogP contribution in [-0.2, 0) is 0 Å². The maximum Gasteiger partial charge on any atom is 0.143 e. The maximum atomic E-state index is 5.72. The van der Waals surface area contributed by atoms with Gasteiger partial charge in [0, 0.05) is 44.3 Å². The number of rotatable bonds is 6. The molecule has 0 saturated heterocycles. The number of alkyl halides is 1. The van der Waals surface area contributed by atoms with Gasteiger partial charge in [-0.3, -0.25) is 0 Å². The Balaban J connectivity index is 1.45. The van der Waals surface area contributed by atoms with Gasteiger partial charge in [0.15, 0.2) is 0 Å². The molecule has 4 aromatic carbocycles. The SMILES string of the molecule is BrCOc1ccc(-c2c3nc(c(-c4ccccc4)c4ccc([nH]4)c(-c4ccccc4)c4nc(c(-c5ccccc5)c5ccc2[nH]5)C=C4)C=C3)cc1. The van der Waals surface area contributed by atoms with E-state index in [0.717, 1.165) is 95.1 Å². The Morgan fingerprint density at radius 3 is 1.02 bits per heavy atom. The summed E-state index contributed by atoms with van der Waals surface area (Å²) in [6.45, 7) is 0. The number of nitrogens with one attached hydrogen (secondary N) is 2. The highest BCUT2D eigenvalue weighted by Gasteiger charge is 2.18. The molecule has 0 fully saturated rings. The van der Waals surface area contributed by atoms with Crippen LogP contribution in [0.4, 0.5) is 0 Å². The number of hydrogen-bond donors (Lipinski definition) is 2. The summed E-state index contributed by atoms with van der Waals surface area (Å²) >= 11 is 3.38. The first-order valence-electron chi connectivity index (χ1n) is 16.9. The highest BCUT2D eigenvalue weighted by Crippen LogP contribution is 2.38. The molecule has 0 saturated carbocycles. The van der Waals surface area contributed by atoms with Gasteiger partial charge >= 0.3 is 0 Å². The molecule has 6 heteroatoms. The minimum absolute atomic E-state index is 0.426. The molecule has 9 rings (SSSR count). The Bertz CT molecular complexity index is 2580. The average molecular weight is 724 g/mol. The van der Waals surface area contributed by atoms with Gasteiger partial charge in [0.25, 0.3) is 0 Å². The molecule has 5 heterocycles.